The SMILES string of the molecule is COCc1c(C(=O)N2CCC3(CC2)C[C@@H]3NC(=O)c2ccncc2)noc1C. The third-order valence-corrected chi connectivity index (χ3v) is 5.96. The first-order valence-electron chi connectivity index (χ1n) is 9.48. The van der Waals surface area contributed by atoms with Crippen molar-refractivity contribution < 1.29 is 18.8 Å². The van der Waals surface area contributed by atoms with Crippen molar-refractivity contribution in [3.05, 3.63) is 47.1 Å². The molecule has 1 aliphatic heterocycles. The molecular formula is C20H24N4O4. The van der Waals surface area contributed by atoms with Crippen molar-refractivity contribution in [2.75, 3.05) is 20.2 Å². The van der Waals surface area contributed by atoms with Gasteiger partial charge >= 0.3 is 0 Å². The van der Waals surface area contributed by atoms with E-state index in [1.807, 2.05) is 4.90 Å². The fourth-order valence-corrected chi connectivity index (χ4v) is 4.03. The third kappa shape index (κ3) is 3.40. The van der Waals surface area contributed by atoms with Gasteiger partial charge in [-0.3, -0.25) is 14.6 Å². The number of hydrogen-bond acceptors (Lipinski definition) is 6. The van der Waals surface area contributed by atoms with Gasteiger partial charge in [-0.05, 0) is 43.7 Å². The molecule has 8 heteroatoms. The average Bonchev–Trinajstić information content (AvgIpc) is 3.23. The van der Waals surface area contributed by atoms with Crippen LogP contribution in [0.4, 0.5) is 0 Å². The number of nitrogens with zero attached hydrogens (tertiary/aromatic N) is 3. The van der Waals surface area contributed by atoms with Crippen LogP contribution in [0.5, 0.6) is 0 Å². The number of pyridine rings is 1. The van der Waals surface area contributed by atoms with Crippen molar-refractivity contribution in [2.24, 2.45) is 5.41 Å². The van der Waals surface area contributed by atoms with Crippen molar-refractivity contribution in [3.63, 3.8) is 0 Å². The van der Waals surface area contributed by atoms with Gasteiger partial charge in [-0.15, -0.1) is 0 Å². The quantitative estimate of drug-likeness (QED) is 0.846. The molecule has 2 aliphatic rings. The van der Waals surface area contributed by atoms with Gasteiger partial charge in [-0.2, -0.15) is 0 Å². The zero-order valence-corrected chi connectivity index (χ0v) is 16.1. The predicted molar refractivity (Wildman–Crippen MR) is 99.6 cm³/mol. The maximum absolute atomic E-state index is 12.9. The van der Waals surface area contributed by atoms with E-state index in [4.69, 9.17) is 9.26 Å². The lowest BCUT2D eigenvalue weighted by Gasteiger charge is -2.32. The van der Waals surface area contributed by atoms with Crippen molar-refractivity contribution in [2.45, 2.75) is 38.8 Å². The molecule has 1 atom stereocenters. The normalized spacial score (nSPS) is 20.2. The van der Waals surface area contributed by atoms with Crippen LogP contribution in [0.15, 0.2) is 29.0 Å². The van der Waals surface area contributed by atoms with Gasteiger partial charge < -0.3 is 19.5 Å². The summed E-state index contributed by atoms with van der Waals surface area (Å²) in [5, 5.41) is 7.06. The Hall–Kier alpha value is -2.74. The summed E-state index contributed by atoms with van der Waals surface area (Å²) < 4.78 is 10.3. The molecule has 1 spiro atoms. The number of nitrogens with one attached hydrogen (secondary N) is 1. The molecule has 1 aliphatic carbocycles. The van der Waals surface area contributed by atoms with E-state index in [1.165, 1.54) is 0 Å². The molecule has 0 aromatic carbocycles. The zero-order valence-electron chi connectivity index (χ0n) is 16.1. The first kappa shape index (κ1) is 18.6. The maximum Gasteiger partial charge on any atom is 0.276 e. The van der Waals surface area contributed by atoms with Gasteiger partial charge in [0.25, 0.3) is 11.8 Å². The van der Waals surface area contributed by atoms with Crippen LogP contribution in [0.3, 0.4) is 0 Å². The first-order valence-corrected chi connectivity index (χ1v) is 9.48. The molecule has 0 bridgehead atoms. The Morgan fingerprint density at radius 3 is 2.71 bits per heavy atom. The monoisotopic (exact) mass is 384 g/mol. The largest absolute Gasteiger partial charge is 0.380 e. The van der Waals surface area contributed by atoms with Crippen molar-refractivity contribution in [3.8, 4) is 0 Å². The summed E-state index contributed by atoms with van der Waals surface area (Å²) in [6, 6.07) is 3.59. The summed E-state index contributed by atoms with van der Waals surface area (Å²) in [6.45, 7) is 3.39. The van der Waals surface area contributed by atoms with Crippen LogP contribution in [0, 0.1) is 12.3 Å². The highest BCUT2D eigenvalue weighted by Gasteiger charge is 2.56. The number of carbonyl (C=O) groups is 2. The first-order chi connectivity index (χ1) is 13.5. The Labute approximate surface area is 163 Å². The lowest BCUT2D eigenvalue weighted by Crippen LogP contribution is -2.42. The molecule has 8 nitrogen and oxygen atoms in total. The van der Waals surface area contributed by atoms with Gasteiger partial charge in [0, 0.05) is 44.2 Å². The van der Waals surface area contributed by atoms with E-state index in [2.05, 4.69) is 15.5 Å². The molecule has 2 amide bonds. The van der Waals surface area contributed by atoms with Crippen LogP contribution >= 0.6 is 0 Å². The second kappa shape index (κ2) is 7.35. The minimum atomic E-state index is -0.114. The Morgan fingerprint density at radius 2 is 2.04 bits per heavy atom. The molecule has 148 valence electrons. The highest BCUT2D eigenvalue weighted by molar-refractivity contribution is 5.95. The van der Waals surface area contributed by atoms with Crippen LogP contribution in [-0.4, -0.2) is 53.1 Å². The molecule has 0 unspecified atom stereocenters. The van der Waals surface area contributed by atoms with Gasteiger partial charge in [0.2, 0.25) is 0 Å². The smallest absolute Gasteiger partial charge is 0.276 e. The van der Waals surface area contributed by atoms with Gasteiger partial charge in [0.15, 0.2) is 5.69 Å². The van der Waals surface area contributed by atoms with Crippen LogP contribution < -0.4 is 5.32 Å². The molecule has 4 rings (SSSR count). The van der Waals surface area contributed by atoms with Gasteiger partial charge in [-0.1, -0.05) is 5.16 Å². The Balaban J connectivity index is 1.34. The van der Waals surface area contributed by atoms with E-state index in [0.29, 0.717) is 42.3 Å². The number of likely N-dealkylation sites (tertiary alicyclic amines) is 1. The highest BCUT2D eigenvalue weighted by Crippen LogP contribution is 2.54. The summed E-state index contributed by atoms with van der Waals surface area (Å²) in [5.74, 6) is 0.432. The summed E-state index contributed by atoms with van der Waals surface area (Å²) in [5.41, 5.74) is 1.78. The highest BCUT2D eigenvalue weighted by atomic mass is 16.5. The zero-order chi connectivity index (χ0) is 19.7. The second-order valence-corrected chi connectivity index (χ2v) is 7.62. The minimum Gasteiger partial charge on any atom is -0.380 e. The van der Waals surface area contributed by atoms with E-state index >= 15 is 0 Å². The number of amides is 2. The van der Waals surface area contributed by atoms with Crippen molar-refractivity contribution in [1.82, 2.24) is 20.4 Å². The van der Waals surface area contributed by atoms with Crippen molar-refractivity contribution in [1.29, 1.82) is 0 Å². The molecule has 2 aromatic heterocycles. The lowest BCUT2D eigenvalue weighted by molar-refractivity contribution is 0.0654. The number of carbonyl (C=O) groups excluding carboxylic acids is 2. The molecule has 2 aromatic rings. The summed E-state index contributed by atoms with van der Waals surface area (Å²) in [4.78, 5) is 31.0. The molecule has 1 saturated heterocycles. The summed E-state index contributed by atoms with van der Waals surface area (Å²) in [7, 11) is 1.58. The van der Waals surface area contributed by atoms with E-state index in [1.54, 1.807) is 38.6 Å². The molecule has 28 heavy (non-hydrogen) atoms. The molecular weight excluding hydrogens is 360 g/mol. The van der Waals surface area contributed by atoms with Gasteiger partial charge in [-0.25, -0.2) is 0 Å². The number of rotatable bonds is 5. The molecule has 0 radical (unpaired) electrons. The van der Waals surface area contributed by atoms with Crippen LogP contribution in [0.2, 0.25) is 0 Å². The Kier molecular flexibility index (Phi) is 4.89. The fraction of sp³-hybridized carbons (Fsp3) is 0.500. The number of methoxy groups -OCH3 is 1. The fourth-order valence-electron chi connectivity index (χ4n) is 4.03. The lowest BCUT2D eigenvalue weighted by atomic mass is 9.92. The molecule has 2 fully saturated rings. The predicted octanol–water partition coefficient (Wildman–Crippen LogP) is 1.95. The van der Waals surface area contributed by atoms with E-state index in [0.717, 1.165) is 19.3 Å². The van der Waals surface area contributed by atoms with E-state index in [9.17, 15) is 9.59 Å². The van der Waals surface area contributed by atoms with Crippen LogP contribution in [0.1, 0.15) is 51.4 Å². The van der Waals surface area contributed by atoms with Crippen LogP contribution in [-0.2, 0) is 11.3 Å². The minimum absolute atomic E-state index is 0.0648. The summed E-state index contributed by atoms with van der Waals surface area (Å²) >= 11 is 0. The average molecular weight is 384 g/mol. The van der Waals surface area contributed by atoms with E-state index < -0.39 is 0 Å². The second-order valence-electron chi connectivity index (χ2n) is 7.62. The van der Waals surface area contributed by atoms with Gasteiger partial charge in [0.05, 0.1) is 12.2 Å². The molecule has 3 heterocycles. The standard InChI is InChI=1S/C20H24N4O4/c1-13-15(12-27-2)17(23-28-13)19(26)24-9-5-20(6-10-24)11-16(20)22-18(25)14-3-7-21-8-4-14/h3-4,7-8,16H,5-6,9-12H2,1-2H3,(H,22,25)/t16-/m0/s1. The Morgan fingerprint density at radius 1 is 1.32 bits per heavy atom. The Bertz CT molecular complexity index is 872. The third-order valence-electron chi connectivity index (χ3n) is 5.96. The topological polar surface area (TPSA) is 97.6 Å². The molecule has 1 N–H and O–H groups in total. The van der Waals surface area contributed by atoms with E-state index in [-0.39, 0.29) is 23.3 Å². The number of piperidine rings is 1. The maximum atomic E-state index is 12.9. The van der Waals surface area contributed by atoms with Gasteiger partial charge in [0.1, 0.15) is 5.76 Å². The van der Waals surface area contributed by atoms with Crippen LogP contribution in [0.25, 0.3) is 0 Å². The summed E-state index contributed by atoms with van der Waals surface area (Å²) in [6.07, 6.45) is 5.94. The number of aryl methyl sites for hydroxylation is 1. The number of aromatic nitrogens is 2. The number of ether oxygens (including phenoxy) is 1. The molecule has 1 saturated carbocycles. The number of hydrogen-bond donors (Lipinski definition) is 1. The van der Waals surface area contributed by atoms with Crippen molar-refractivity contribution >= 4 is 11.8 Å².